The van der Waals surface area contributed by atoms with E-state index in [2.05, 4.69) is 30.9 Å². The molecular weight excluding hydrogens is 299 g/mol. The maximum Gasteiger partial charge on any atom is 0.134 e. The smallest absolute Gasteiger partial charge is 0.134 e. The van der Waals surface area contributed by atoms with Crippen LogP contribution in [0.1, 0.15) is 11.7 Å². The van der Waals surface area contributed by atoms with Gasteiger partial charge in [0, 0.05) is 21.1 Å². The van der Waals surface area contributed by atoms with E-state index in [0.29, 0.717) is 4.47 Å². The quantitative estimate of drug-likeness (QED) is 0.386. The highest BCUT2D eigenvalue weighted by atomic mass is 79.9. The predicted molar refractivity (Wildman–Crippen MR) is 61.9 cm³/mol. The summed E-state index contributed by atoms with van der Waals surface area (Å²) in [4.78, 5) is 6.29. The van der Waals surface area contributed by atoms with E-state index in [-0.39, 0.29) is 17.3 Å². The fourth-order valence-electron chi connectivity index (χ4n) is 1.07. The Labute approximate surface area is 105 Å². The van der Waals surface area contributed by atoms with Gasteiger partial charge in [-0.3, -0.25) is 0 Å². The number of azide groups is 1. The van der Waals surface area contributed by atoms with Gasteiger partial charge in [-0.05, 0) is 27.5 Å². The van der Waals surface area contributed by atoms with Gasteiger partial charge in [0.1, 0.15) is 11.3 Å². The Kier molecular flexibility index (Phi) is 4.98. The molecule has 0 radical (unpaired) electrons. The molecule has 0 saturated heterocycles. The minimum absolute atomic E-state index is 0.0932. The Hall–Kier alpha value is -0.850. The molecule has 0 aromatic carbocycles. The summed E-state index contributed by atoms with van der Waals surface area (Å²) >= 11 is 8.93. The van der Waals surface area contributed by atoms with Gasteiger partial charge in [-0.1, -0.05) is 16.7 Å². The second-order valence-corrected chi connectivity index (χ2v) is 4.23. The van der Waals surface area contributed by atoms with Gasteiger partial charge in [-0.2, -0.15) is 0 Å². The predicted octanol–water partition coefficient (Wildman–Crippen LogP) is 2.20. The van der Waals surface area contributed by atoms with Crippen LogP contribution in [0, 0.1) is 0 Å². The lowest BCUT2D eigenvalue weighted by atomic mass is 10.1. The van der Waals surface area contributed by atoms with Crippen LogP contribution in [0.25, 0.3) is 10.4 Å². The van der Waals surface area contributed by atoms with E-state index in [1.165, 1.54) is 6.20 Å². The third-order valence-electron chi connectivity index (χ3n) is 1.85. The second kappa shape index (κ2) is 6.03. The number of hydrogen-bond donors (Lipinski definition) is 2. The first-order valence-electron chi connectivity index (χ1n) is 4.24. The summed E-state index contributed by atoms with van der Waals surface area (Å²) in [5.74, 6) is 0. The topological polar surface area (TPSA) is 102 Å². The normalized spacial score (nSPS) is 14.0. The van der Waals surface area contributed by atoms with E-state index in [1.54, 1.807) is 6.07 Å². The first-order valence-corrected chi connectivity index (χ1v) is 5.41. The molecule has 1 aromatic rings. The van der Waals surface area contributed by atoms with Crippen LogP contribution in [-0.2, 0) is 0 Å². The lowest BCUT2D eigenvalue weighted by Gasteiger charge is -2.17. The molecule has 0 aliphatic rings. The monoisotopic (exact) mass is 306 g/mol. The van der Waals surface area contributed by atoms with Gasteiger partial charge >= 0.3 is 0 Å². The summed E-state index contributed by atoms with van der Waals surface area (Å²) in [7, 11) is 0. The third kappa shape index (κ3) is 3.33. The highest BCUT2D eigenvalue weighted by Crippen LogP contribution is 2.26. The molecule has 0 fully saturated rings. The Balaban J connectivity index is 2.90. The molecule has 0 saturated carbocycles. The van der Waals surface area contributed by atoms with Gasteiger partial charge in [0.2, 0.25) is 0 Å². The van der Waals surface area contributed by atoms with E-state index < -0.39 is 12.2 Å². The molecular formula is C8H8BrClN4O2. The number of halogens is 2. The fourth-order valence-corrected chi connectivity index (χ4v) is 1.64. The molecule has 0 spiro atoms. The van der Waals surface area contributed by atoms with Crippen LogP contribution in [0.3, 0.4) is 0 Å². The number of nitrogens with zero attached hydrogens (tertiary/aromatic N) is 4. The van der Waals surface area contributed by atoms with Gasteiger partial charge < -0.3 is 10.2 Å². The number of aliphatic hydroxyl groups excluding tert-OH is 2. The van der Waals surface area contributed by atoms with Crippen molar-refractivity contribution in [1.29, 1.82) is 0 Å². The van der Waals surface area contributed by atoms with E-state index in [4.69, 9.17) is 17.1 Å². The molecule has 1 heterocycles. The van der Waals surface area contributed by atoms with Crippen molar-refractivity contribution in [1.82, 2.24) is 4.98 Å². The Morgan fingerprint density at radius 1 is 1.62 bits per heavy atom. The van der Waals surface area contributed by atoms with Crippen LogP contribution in [-0.4, -0.2) is 27.8 Å². The molecule has 86 valence electrons. The minimum atomic E-state index is -1.25. The van der Waals surface area contributed by atoms with Gasteiger partial charge in [-0.25, -0.2) is 4.98 Å². The van der Waals surface area contributed by atoms with Crippen molar-refractivity contribution in [3.8, 4) is 0 Å². The van der Waals surface area contributed by atoms with Crippen molar-refractivity contribution in [3.05, 3.63) is 37.9 Å². The van der Waals surface area contributed by atoms with Crippen LogP contribution in [0.4, 0.5) is 0 Å². The van der Waals surface area contributed by atoms with Gasteiger partial charge in [0.15, 0.2) is 0 Å². The minimum Gasteiger partial charge on any atom is -0.390 e. The van der Waals surface area contributed by atoms with Crippen LogP contribution in [0.15, 0.2) is 21.9 Å². The maximum absolute atomic E-state index is 9.74. The SMILES string of the molecule is [N-]=[N+]=NCC(O)C(O)c1cc(Br)cnc1Cl. The van der Waals surface area contributed by atoms with Crippen molar-refractivity contribution in [2.24, 2.45) is 5.11 Å². The van der Waals surface area contributed by atoms with E-state index >= 15 is 0 Å². The molecule has 16 heavy (non-hydrogen) atoms. The summed E-state index contributed by atoms with van der Waals surface area (Å²) in [6.45, 7) is -0.236. The Morgan fingerprint density at radius 2 is 2.31 bits per heavy atom. The van der Waals surface area contributed by atoms with E-state index in [0.717, 1.165) is 0 Å². The molecule has 2 atom stereocenters. The molecule has 8 heteroatoms. The van der Waals surface area contributed by atoms with Crippen molar-refractivity contribution in [2.75, 3.05) is 6.54 Å². The van der Waals surface area contributed by atoms with Gasteiger partial charge in [-0.15, -0.1) is 0 Å². The largest absolute Gasteiger partial charge is 0.390 e. The Bertz CT molecular complexity index is 424. The number of rotatable bonds is 4. The van der Waals surface area contributed by atoms with Crippen LogP contribution >= 0.6 is 27.5 Å². The zero-order valence-corrected chi connectivity index (χ0v) is 10.3. The zero-order valence-electron chi connectivity index (χ0n) is 7.96. The highest BCUT2D eigenvalue weighted by Gasteiger charge is 2.21. The van der Waals surface area contributed by atoms with Gasteiger partial charge in [0.25, 0.3) is 0 Å². The third-order valence-corrected chi connectivity index (χ3v) is 2.60. The molecule has 0 bridgehead atoms. The zero-order chi connectivity index (χ0) is 12.1. The van der Waals surface area contributed by atoms with Crippen LogP contribution in [0.5, 0.6) is 0 Å². The number of aliphatic hydroxyl groups is 2. The molecule has 1 rings (SSSR count). The van der Waals surface area contributed by atoms with Crippen molar-refractivity contribution in [2.45, 2.75) is 12.2 Å². The number of pyridine rings is 1. The molecule has 0 amide bonds. The lowest BCUT2D eigenvalue weighted by molar-refractivity contribution is 0.0242. The van der Waals surface area contributed by atoms with Crippen molar-refractivity contribution in [3.63, 3.8) is 0 Å². The summed E-state index contributed by atoms with van der Waals surface area (Å²) in [6.07, 6.45) is -0.995. The van der Waals surface area contributed by atoms with Crippen molar-refractivity contribution >= 4 is 27.5 Å². The molecule has 1 aromatic heterocycles. The van der Waals surface area contributed by atoms with E-state index in [9.17, 15) is 10.2 Å². The summed E-state index contributed by atoms with van der Waals surface area (Å²) in [6, 6.07) is 1.54. The Morgan fingerprint density at radius 3 is 2.94 bits per heavy atom. The number of hydrogen-bond acceptors (Lipinski definition) is 4. The lowest BCUT2D eigenvalue weighted by Crippen LogP contribution is -2.21. The standard InChI is InChI=1S/C8H8BrClN4O2/c9-4-1-5(8(10)12-2-4)7(16)6(15)3-13-14-11/h1-2,6-7,15-16H,3H2. The fraction of sp³-hybridized carbons (Fsp3) is 0.375. The van der Waals surface area contributed by atoms with Crippen LogP contribution in [0.2, 0.25) is 5.15 Å². The molecule has 6 nitrogen and oxygen atoms in total. The molecule has 0 aliphatic heterocycles. The highest BCUT2D eigenvalue weighted by molar-refractivity contribution is 9.10. The molecule has 0 aliphatic carbocycles. The molecule has 2 unspecified atom stereocenters. The summed E-state index contributed by atoms with van der Waals surface area (Å²) < 4.78 is 0.627. The summed E-state index contributed by atoms with van der Waals surface area (Å²) in [5.41, 5.74) is 8.36. The maximum atomic E-state index is 9.74. The average molecular weight is 308 g/mol. The van der Waals surface area contributed by atoms with E-state index in [1.807, 2.05) is 0 Å². The summed E-state index contributed by atoms with van der Waals surface area (Å²) in [5, 5.41) is 22.5. The average Bonchev–Trinajstić information content (AvgIpc) is 2.28. The van der Waals surface area contributed by atoms with Crippen molar-refractivity contribution < 1.29 is 10.2 Å². The van der Waals surface area contributed by atoms with Crippen LogP contribution < -0.4 is 0 Å². The second-order valence-electron chi connectivity index (χ2n) is 2.96. The van der Waals surface area contributed by atoms with Gasteiger partial charge in [0.05, 0.1) is 12.6 Å². The first kappa shape index (κ1) is 13.2. The molecule has 2 N–H and O–H groups in total. The number of aromatic nitrogens is 1. The first-order chi connectivity index (χ1) is 7.56.